The number of hydrogen-bond acceptors (Lipinski definition) is 2. The molecule has 3 nitrogen and oxygen atoms in total. The highest BCUT2D eigenvalue weighted by molar-refractivity contribution is 5.95. The molecule has 1 amide bonds. The predicted molar refractivity (Wildman–Crippen MR) is 101 cm³/mol. The van der Waals surface area contributed by atoms with Crippen molar-refractivity contribution in [3.05, 3.63) is 64.7 Å². The van der Waals surface area contributed by atoms with E-state index in [2.05, 4.69) is 31.2 Å². The minimum absolute atomic E-state index is 0.426. The smallest absolute Gasteiger partial charge is 0.252 e. The van der Waals surface area contributed by atoms with Gasteiger partial charge in [-0.2, -0.15) is 0 Å². The molecule has 0 atom stereocenters. The Morgan fingerprint density at radius 3 is 2.40 bits per heavy atom. The van der Waals surface area contributed by atoms with Gasteiger partial charge in [0.2, 0.25) is 0 Å². The summed E-state index contributed by atoms with van der Waals surface area (Å²) >= 11 is 0. The molecule has 0 bridgehead atoms. The molecule has 2 aromatic rings. The van der Waals surface area contributed by atoms with Crippen molar-refractivity contribution in [3.63, 3.8) is 0 Å². The van der Waals surface area contributed by atoms with Gasteiger partial charge in [-0.1, -0.05) is 55.2 Å². The van der Waals surface area contributed by atoms with Crippen LogP contribution in [0.2, 0.25) is 0 Å². The third-order valence-electron chi connectivity index (χ3n) is 5.04. The lowest BCUT2D eigenvalue weighted by Gasteiger charge is -2.22. The molecule has 1 aliphatic carbocycles. The van der Waals surface area contributed by atoms with E-state index in [1.165, 1.54) is 43.2 Å². The number of nitrogens with two attached hydrogens (primary N) is 1. The zero-order chi connectivity index (χ0) is 17.6. The highest BCUT2D eigenvalue weighted by Crippen LogP contribution is 2.27. The Morgan fingerprint density at radius 1 is 1.04 bits per heavy atom. The quantitative estimate of drug-likeness (QED) is 0.834. The van der Waals surface area contributed by atoms with E-state index in [9.17, 15) is 4.79 Å². The number of amides is 1. The molecular weight excluding hydrogens is 310 g/mol. The molecule has 0 spiro atoms. The van der Waals surface area contributed by atoms with Gasteiger partial charge in [-0.05, 0) is 55.4 Å². The molecule has 0 saturated heterocycles. The topological polar surface area (TPSA) is 52.3 Å². The molecule has 1 aliphatic rings. The Bertz CT molecular complexity index is 715. The van der Waals surface area contributed by atoms with Crippen molar-refractivity contribution < 1.29 is 9.53 Å². The van der Waals surface area contributed by atoms with E-state index in [1.54, 1.807) is 0 Å². The maximum atomic E-state index is 11.9. The molecule has 3 heteroatoms. The summed E-state index contributed by atoms with van der Waals surface area (Å²) in [5, 5.41) is 0. The molecule has 25 heavy (non-hydrogen) atoms. The van der Waals surface area contributed by atoms with Gasteiger partial charge >= 0.3 is 0 Å². The lowest BCUT2D eigenvalue weighted by molar-refractivity contribution is 0.0994. The lowest BCUT2D eigenvalue weighted by atomic mass is 9.90. The number of aryl methyl sites for hydroxylation is 1. The number of hydrogen-bond donors (Lipinski definition) is 1. The van der Waals surface area contributed by atoms with Crippen molar-refractivity contribution >= 4 is 5.91 Å². The van der Waals surface area contributed by atoms with Crippen LogP contribution >= 0.6 is 0 Å². The molecule has 0 aliphatic heterocycles. The van der Waals surface area contributed by atoms with Crippen molar-refractivity contribution in [2.24, 2.45) is 11.7 Å². The largest absolute Gasteiger partial charge is 0.492 e. The summed E-state index contributed by atoms with van der Waals surface area (Å²) in [6.45, 7) is 2.75. The molecule has 1 saturated carbocycles. The van der Waals surface area contributed by atoms with Gasteiger partial charge in [0.25, 0.3) is 5.91 Å². The van der Waals surface area contributed by atoms with Crippen LogP contribution in [0.1, 0.15) is 59.2 Å². The first kappa shape index (κ1) is 17.5. The Labute approximate surface area is 150 Å². The van der Waals surface area contributed by atoms with Gasteiger partial charge in [0, 0.05) is 0 Å². The van der Waals surface area contributed by atoms with Crippen molar-refractivity contribution in [3.8, 4) is 5.75 Å². The third kappa shape index (κ3) is 4.85. The van der Waals surface area contributed by atoms with Gasteiger partial charge in [-0.15, -0.1) is 0 Å². The van der Waals surface area contributed by atoms with Gasteiger partial charge in [0.1, 0.15) is 5.75 Å². The zero-order valence-corrected chi connectivity index (χ0v) is 15.0. The number of rotatable bonds is 6. The van der Waals surface area contributed by atoms with E-state index < -0.39 is 5.91 Å². The molecule has 2 aromatic carbocycles. The summed E-state index contributed by atoms with van der Waals surface area (Å²) < 4.78 is 5.96. The van der Waals surface area contributed by atoms with E-state index in [-0.39, 0.29) is 0 Å². The molecule has 0 heterocycles. The monoisotopic (exact) mass is 337 g/mol. The fraction of sp³-hybridized carbons (Fsp3) is 0.409. The van der Waals surface area contributed by atoms with Crippen molar-refractivity contribution in [2.75, 3.05) is 6.61 Å². The van der Waals surface area contributed by atoms with E-state index >= 15 is 0 Å². The highest BCUT2D eigenvalue weighted by Gasteiger charge is 2.16. The van der Waals surface area contributed by atoms with Crippen LogP contribution in [0.5, 0.6) is 5.75 Å². The van der Waals surface area contributed by atoms with Crippen LogP contribution in [0.3, 0.4) is 0 Å². The van der Waals surface area contributed by atoms with Gasteiger partial charge < -0.3 is 10.5 Å². The summed E-state index contributed by atoms with van der Waals surface area (Å²) in [5.74, 6) is 0.789. The second kappa shape index (κ2) is 8.19. The Balaban J connectivity index is 1.71. The van der Waals surface area contributed by atoms with Gasteiger partial charge in [-0.3, -0.25) is 4.79 Å². The fourth-order valence-electron chi connectivity index (χ4n) is 3.51. The number of benzene rings is 2. The number of ether oxygens (including phenoxy) is 1. The molecule has 1 fully saturated rings. The van der Waals surface area contributed by atoms with Gasteiger partial charge in [0.05, 0.1) is 12.2 Å². The lowest BCUT2D eigenvalue weighted by Crippen LogP contribution is -2.18. The van der Waals surface area contributed by atoms with Gasteiger partial charge in [0.15, 0.2) is 0 Å². The van der Waals surface area contributed by atoms with Crippen LogP contribution in [0, 0.1) is 12.8 Å². The first-order chi connectivity index (χ1) is 12.1. The van der Waals surface area contributed by atoms with Crippen LogP contribution in [0.15, 0.2) is 42.5 Å². The average molecular weight is 337 g/mol. The summed E-state index contributed by atoms with van der Waals surface area (Å²) in [4.78, 5) is 11.9. The highest BCUT2D eigenvalue weighted by atomic mass is 16.5. The maximum absolute atomic E-state index is 11.9. The van der Waals surface area contributed by atoms with Crippen LogP contribution in [0.25, 0.3) is 0 Å². The Kier molecular flexibility index (Phi) is 5.75. The number of primary amides is 1. The van der Waals surface area contributed by atoms with Crippen LogP contribution in [0.4, 0.5) is 0 Å². The minimum Gasteiger partial charge on any atom is -0.492 e. The number of carbonyl (C=O) groups is 1. The first-order valence-electron chi connectivity index (χ1n) is 9.23. The van der Waals surface area contributed by atoms with Crippen LogP contribution < -0.4 is 10.5 Å². The SMILES string of the molecule is Cc1ccc(Cc2ccc(OCC3CCCCC3)c(C(N)=O)c2)cc1. The predicted octanol–water partition coefficient (Wildman–Crippen LogP) is 4.64. The molecule has 0 radical (unpaired) electrons. The Morgan fingerprint density at radius 2 is 1.72 bits per heavy atom. The zero-order valence-electron chi connectivity index (χ0n) is 15.0. The molecule has 132 valence electrons. The second-order valence-electron chi connectivity index (χ2n) is 7.17. The van der Waals surface area contributed by atoms with E-state index in [4.69, 9.17) is 10.5 Å². The molecule has 0 aromatic heterocycles. The summed E-state index contributed by atoms with van der Waals surface area (Å²) in [6.07, 6.45) is 7.12. The maximum Gasteiger partial charge on any atom is 0.252 e. The van der Waals surface area contributed by atoms with Crippen molar-refractivity contribution in [2.45, 2.75) is 45.4 Å². The minimum atomic E-state index is -0.426. The fourth-order valence-corrected chi connectivity index (χ4v) is 3.51. The van der Waals surface area contributed by atoms with Crippen molar-refractivity contribution in [1.82, 2.24) is 0 Å². The van der Waals surface area contributed by atoms with Crippen LogP contribution in [-0.4, -0.2) is 12.5 Å². The molecule has 2 N–H and O–H groups in total. The normalized spacial score (nSPS) is 15.1. The first-order valence-corrected chi connectivity index (χ1v) is 9.23. The summed E-state index contributed by atoms with van der Waals surface area (Å²) in [6, 6.07) is 14.2. The summed E-state index contributed by atoms with van der Waals surface area (Å²) in [5.41, 5.74) is 9.61. The molecule has 0 unspecified atom stereocenters. The number of carbonyl (C=O) groups excluding carboxylic acids is 1. The molecular formula is C22H27NO2. The van der Waals surface area contributed by atoms with E-state index in [0.29, 0.717) is 23.8 Å². The van der Waals surface area contributed by atoms with Crippen LogP contribution in [-0.2, 0) is 6.42 Å². The van der Waals surface area contributed by atoms with E-state index in [0.717, 1.165) is 12.0 Å². The Hall–Kier alpha value is -2.29. The average Bonchev–Trinajstić information content (AvgIpc) is 2.63. The van der Waals surface area contributed by atoms with E-state index in [1.807, 2.05) is 18.2 Å². The second-order valence-corrected chi connectivity index (χ2v) is 7.17. The van der Waals surface area contributed by atoms with Gasteiger partial charge in [-0.25, -0.2) is 0 Å². The molecule has 3 rings (SSSR count). The third-order valence-corrected chi connectivity index (χ3v) is 5.04. The summed E-state index contributed by atoms with van der Waals surface area (Å²) in [7, 11) is 0. The van der Waals surface area contributed by atoms with Crippen molar-refractivity contribution in [1.29, 1.82) is 0 Å². The standard InChI is InChI=1S/C22H27NO2/c1-16-7-9-17(10-8-16)13-19-11-12-21(20(14-19)22(23)24)25-15-18-5-3-2-4-6-18/h7-12,14,18H,2-6,13,15H2,1H3,(H2,23,24).